The Bertz CT molecular complexity index is 673. The van der Waals surface area contributed by atoms with Gasteiger partial charge in [0.1, 0.15) is 11.9 Å². The summed E-state index contributed by atoms with van der Waals surface area (Å²) < 4.78 is 5.99. The summed E-state index contributed by atoms with van der Waals surface area (Å²) in [6.45, 7) is 1.91. The highest BCUT2D eigenvalue weighted by Gasteiger charge is 2.24. The van der Waals surface area contributed by atoms with Crippen LogP contribution in [0.1, 0.15) is 53.3 Å². The molecule has 1 aliphatic rings. The molecule has 0 aliphatic heterocycles. The molecule has 0 aromatic heterocycles. The Morgan fingerprint density at radius 2 is 1.74 bits per heavy atom. The number of carbonyl (C=O) groups is 1. The van der Waals surface area contributed by atoms with Gasteiger partial charge < -0.3 is 15.6 Å². The first-order valence-corrected chi connectivity index (χ1v) is 7.90. The summed E-state index contributed by atoms with van der Waals surface area (Å²) in [7, 11) is 0. The summed E-state index contributed by atoms with van der Waals surface area (Å²) in [5.74, 6) is 0.391. The van der Waals surface area contributed by atoms with Crippen LogP contribution in [0, 0.1) is 0 Å². The molecule has 0 heterocycles. The first-order valence-electron chi connectivity index (χ1n) is 7.90. The van der Waals surface area contributed by atoms with Crippen molar-refractivity contribution in [2.75, 3.05) is 0 Å². The van der Waals surface area contributed by atoms with Crippen molar-refractivity contribution < 1.29 is 14.6 Å². The number of carboxylic acid groups (broad SMARTS) is 1. The Labute approximate surface area is 135 Å². The Morgan fingerprint density at radius 3 is 2.22 bits per heavy atom. The second-order valence-electron chi connectivity index (χ2n) is 6.17. The molecule has 0 amide bonds. The number of ether oxygens (including phenoxy) is 1. The summed E-state index contributed by atoms with van der Waals surface area (Å²) in [4.78, 5) is 10.9. The van der Waals surface area contributed by atoms with Gasteiger partial charge in [0.15, 0.2) is 0 Å². The van der Waals surface area contributed by atoms with E-state index in [1.165, 1.54) is 30.5 Å². The van der Waals surface area contributed by atoms with Crippen molar-refractivity contribution >= 4 is 5.97 Å². The van der Waals surface area contributed by atoms with E-state index in [-0.39, 0.29) is 17.7 Å². The molecule has 2 aromatic rings. The zero-order valence-corrected chi connectivity index (χ0v) is 13.1. The highest BCUT2D eigenvalue weighted by Crippen LogP contribution is 2.40. The van der Waals surface area contributed by atoms with E-state index in [9.17, 15) is 4.79 Å². The maximum atomic E-state index is 10.9. The molecule has 0 spiro atoms. The largest absolute Gasteiger partial charge is 0.484 e. The highest BCUT2D eigenvalue weighted by molar-refractivity contribution is 5.87. The topological polar surface area (TPSA) is 72.5 Å². The van der Waals surface area contributed by atoms with Crippen LogP contribution in [-0.4, -0.2) is 17.1 Å². The smallest absolute Gasteiger partial charge is 0.335 e. The van der Waals surface area contributed by atoms with Crippen molar-refractivity contribution in [1.29, 1.82) is 0 Å². The van der Waals surface area contributed by atoms with E-state index in [1.807, 2.05) is 6.92 Å². The van der Waals surface area contributed by atoms with Crippen LogP contribution in [0.2, 0.25) is 0 Å². The molecule has 0 saturated heterocycles. The third-order valence-corrected chi connectivity index (χ3v) is 4.16. The number of hydrogen-bond acceptors (Lipinski definition) is 3. The third kappa shape index (κ3) is 3.71. The SMILES string of the molecule is CC(N)[C@H](Oc1ccc(C(=O)O)cc1)c1ccc(C2CC2)cc1. The third-order valence-electron chi connectivity index (χ3n) is 4.16. The maximum Gasteiger partial charge on any atom is 0.335 e. The summed E-state index contributed by atoms with van der Waals surface area (Å²) in [6, 6.07) is 14.7. The molecule has 4 nitrogen and oxygen atoms in total. The van der Waals surface area contributed by atoms with Crippen LogP contribution >= 0.6 is 0 Å². The van der Waals surface area contributed by atoms with E-state index in [2.05, 4.69) is 24.3 Å². The maximum absolute atomic E-state index is 10.9. The minimum Gasteiger partial charge on any atom is -0.484 e. The molecule has 2 aromatic carbocycles. The Hall–Kier alpha value is -2.33. The number of nitrogens with two attached hydrogens (primary N) is 1. The van der Waals surface area contributed by atoms with Crippen LogP contribution in [0.25, 0.3) is 0 Å². The van der Waals surface area contributed by atoms with Gasteiger partial charge in [0.25, 0.3) is 0 Å². The van der Waals surface area contributed by atoms with Gasteiger partial charge in [-0.15, -0.1) is 0 Å². The van der Waals surface area contributed by atoms with Gasteiger partial charge in [0.05, 0.1) is 5.56 Å². The molecule has 23 heavy (non-hydrogen) atoms. The number of hydrogen-bond donors (Lipinski definition) is 2. The average molecular weight is 311 g/mol. The van der Waals surface area contributed by atoms with Gasteiger partial charge in [-0.3, -0.25) is 0 Å². The molecule has 1 saturated carbocycles. The fourth-order valence-electron chi connectivity index (χ4n) is 2.68. The number of carboxylic acids is 1. The molecule has 1 aliphatic carbocycles. The van der Waals surface area contributed by atoms with E-state index in [0.717, 1.165) is 11.5 Å². The van der Waals surface area contributed by atoms with Gasteiger partial charge in [-0.1, -0.05) is 24.3 Å². The van der Waals surface area contributed by atoms with E-state index >= 15 is 0 Å². The van der Waals surface area contributed by atoms with Crippen LogP contribution in [-0.2, 0) is 0 Å². The van der Waals surface area contributed by atoms with E-state index in [1.54, 1.807) is 12.1 Å². The molecule has 0 bridgehead atoms. The Morgan fingerprint density at radius 1 is 1.13 bits per heavy atom. The van der Waals surface area contributed by atoms with Gasteiger partial charge in [0.2, 0.25) is 0 Å². The predicted molar refractivity (Wildman–Crippen MR) is 88.8 cm³/mol. The fourth-order valence-corrected chi connectivity index (χ4v) is 2.68. The zero-order valence-electron chi connectivity index (χ0n) is 13.1. The normalized spacial score (nSPS) is 16.6. The molecule has 1 unspecified atom stereocenters. The molecule has 3 N–H and O–H groups in total. The summed E-state index contributed by atoms with van der Waals surface area (Å²) in [5.41, 5.74) is 8.74. The van der Waals surface area contributed by atoms with Crippen molar-refractivity contribution in [3.63, 3.8) is 0 Å². The van der Waals surface area contributed by atoms with Crippen molar-refractivity contribution in [2.24, 2.45) is 5.73 Å². The molecule has 2 atom stereocenters. The van der Waals surface area contributed by atoms with E-state index < -0.39 is 5.97 Å². The van der Waals surface area contributed by atoms with Crippen molar-refractivity contribution in [2.45, 2.75) is 37.8 Å². The zero-order chi connectivity index (χ0) is 16.4. The monoisotopic (exact) mass is 311 g/mol. The van der Waals surface area contributed by atoms with Gasteiger partial charge in [-0.25, -0.2) is 4.79 Å². The molecular formula is C19H21NO3. The standard InChI is InChI=1S/C19H21NO3/c1-12(20)18(15-6-4-14(5-7-15)13-2-3-13)23-17-10-8-16(9-11-17)19(21)22/h4-13,18H,2-3,20H2,1H3,(H,21,22)/t12?,18-/m0/s1. The van der Waals surface area contributed by atoms with Gasteiger partial charge in [-0.2, -0.15) is 0 Å². The second kappa shape index (κ2) is 6.42. The van der Waals surface area contributed by atoms with Crippen LogP contribution in [0.3, 0.4) is 0 Å². The minimum atomic E-state index is -0.948. The van der Waals surface area contributed by atoms with Crippen LogP contribution < -0.4 is 10.5 Å². The van der Waals surface area contributed by atoms with E-state index in [0.29, 0.717) is 5.75 Å². The van der Waals surface area contributed by atoms with Crippen LogP contribution in [0.15, 0.2) is 48.5 Å². The summed E-state index contributed by atoms with van der Waals surface area (Å²) in [5, 5.41) is 8.94. The quantitative estimate of drug-likeness (QED) is 0.852. The summed E-state index contributed by atoms with van der Waals surface area (Å²) in [6.07, 6.45) is 2.30. The van der Waals surface area contributed by atoms with Gasteiger partial charge in [-0.05, 0) is 61.1 Å². The van der Waals surface area contributed by atoms with Crippen molar-refractivity contribution in [1.82, 2.24) is 0 Å². The second-order valence-corrected chi connectivity index (χ2v) is 6.17. The molecule has 3 rings (SSSR count). The van der Waals surface area contributed by atoms with Gasteiger partial charge in [0, 0.05) is 6.04 Å². The number of benzene rings is 2. The molecule has 4 heteroatoms. The minimum absolute atomic E-state index is 0.180. The molecule has 120 valence electrons. The average Bonchev–Trinajstić information content (AvgIpc) is 3.38. The first-order chi connectivity index (χ1) is 11.0. The lowest BCUT2D eigenvalue weighted by atomic mass is 10.0. The molecule has 0 radical (unpaired) electrons. The lowest BCUT2D eigenvalue weighted by Crippen LogP contribution is -2.29. The van der Waals surface area contributed by atoms with Crippen molar-refractivity contribution in [3.05, 3.63) is 65.2 Å². The molecular weight excluding hydrogens is 290 g/mol. The van der Waals surface area contributed by atoms with Crippen LogP contribution in [0.4, 0.5) is 0 Å². The number of aromatic carboxylic acids is 1. The molecule has 1 fully saturated rings. The number of rotatable bonds is 6. The fraction of sp³-hybridized carbons (Fsp3) is 0.316. The summed E-state index contributed by atoms with van der Waals surface area (Å²) >= 11 is 0. The predicted octanol–water partition coefficient (Wildman–Crippen LogP) is 3.73. The van der Waals surface area contributed by atoms with Crippen molar-refractivity contribution in [3.8, 4) is 5.75 Å². The Kier molecular flexibility index (Phi) is 4.35. The lowest BCUT2D eigenvalue weighted by molar-refractivity contribution is 0.0697. The first kappa shape index (κ1) is 15.6. The Balaban J connectivity index is 1.76. The lowest BCUT2D eigenvalue weighted by Gasteiger charge is -2.23. The highest BCUT2D eigenvalue weighted by atomic mass is 16.5. The van der Waals surface area contributed by atoms with Gasteiger partial charge >= 0.3 is 5.97 Å². The van der Waals surface area contributed by atoms with Crippen LogP contribution in [0.5, 0.6) is 5.75 Å². The van der Waals surface area contributed by atoms with E-state index in [4.69, 9.17) is 15.6 Å².